The molecule has 0 aromatic carbocycles. The molecule has 0 aromatic rings. The Balaban J connectivity index is 3.68. The van der Waals surface area contributed by atoms with E-state index in [2.05, 4.69) is 10.6 Å². The molecule has 2 amide bonds. The van der Waals surface area contributed by atoms with Crippen LogP contribution in [-0.4, -0.2) is 36.0 Å². The Hall–Kier alpha value is -1.59. The zero-order chi connectivity index (χ0) is 15.5. The van der Waals surface area contributed by atoms with Gasteiger partial charge in [-0.2, -0.15) is 0 Å². The molecule has 0 aliphatic rings. The average molecular weight is 286 g/mol. The summed E-state index contributed by atoms with van der Waals surface area (Å²) in [7, 11) is 0. The van der Waals surface area contributed by atoms with Crippen LogP contribution in [0.4, 0.5) is 0 Å². The van der Waals surface area contributed by atoms with E-state index < -0.39 is 11.9 Å². The van der Waals surface area contributed by atoms with Crippen LogP contribution in [0.2, 0.25) is 0 Å². The SMILES string of the molecule is CC(=O)NCCCCCC(=O)NCC(C(=O)O)C(C)C. The van der Waals surface area contributed by atoms with Gasteiger partial charge in [-0.15, -0.1) is 0 Å². The molecule has 6 heteroatoms. The van der Waals surface area contributed by atoms with E-state index in [1.807, 2.05) is 13.8 Å². The van der Waals surface area contributed by atoms with Gasteiger partial charge in [-0.25, -0.2) is 0 Å². The molecule has 6 nitrogen and oxygen atoms in total. The lowest BCUT2D eigenvalue weighted by molar-refractivity contribution is -0.143. The van der Waals surface area contributed by atoms with Gasteiger partial charge in [-0.1, -0.05) is 20.3 Å². The number of hydrogen-bond donors (Lipinski definition) is 3. The van der Waals surface area contributed by atoms with Crippen LogP contribution in [0.5, 0.6) is 0 Å². The second-order valence-electron chi connectivity index (χ2n) is 5.29. The molecule has 0 rings (SSSR count). The summed E-state index contributed by atoms with van der Waals surface area (Å²) in [6.45, 7) is 5.93. The van der Waals surface area contributed by atoms with Crippen LogP contribution in [0.25, 0.3) is 0 Å². The quantitative estimate of drug-likeness (QED) is 0.525. The van der Waals surface area contributed by atoms with E-state index in [0.29, 0.717) is 13.0 Å². The maximum Gasteiger partial charge on any atom is 0.308 e. The summed E-state index contributed by atoms with van der Waals surface area (Å²) in [6.07, 6.45) is 2.84. The number of carboxylic acid groups (broad SMARTS) is 1. The van der Waals surface area contributed by atoms with Crippen LogP contribution in [0.3, 0.4) is 0 Å². The van der Waals surface area contributed by atoms with Crippen LogP contribution in [-0.2, 0) is 14.4 Å². The number of hydrogen-bond acceptors (Lipinski definition) is 3. The molecule has 0 saturated carbocycles. The topological polar surface area (TPSA) is 95.5 Å². The lowest BCUT2D eigenvalue weighted by Gasteiger charge is -2.16. The molecule has 0 saturated heterocycles. The van der Waals surface area contributed by atoms with E-state index in [-0.39, 0.29) is 24.3 Å². The average Bonchev–Trinajstić information content (AvgIpc) is 2.32. The van der Waals surface area contributed by atoms with Gasteiger partial charge in [0.05, 0.1) is 5.92 Å². The number of rotatable bonds is 10. The highest BCUT2D eigenvalue weighted by molar-refractivity contribution is 5.77. The predicted octanol–water partition coefficient (Wildman–Crippen LogP) is 1.16. The third-order valence-electron chi connectivity index (χ3n) is 3.10. The molecule has 3 N–H and O–H groups in total. The number of aliphatic carboxylic acids is 1. The van der Waals surface area contributed by atoms with Gasteiger partial charge in [0.25, 0.3) is 0 Å². The molecule has 0 bridgehead atoms. The van der Waals surface area contributed by atoms with Gasteiger partial charge in [0.1, 0.15) is 0 Å². The summed E-state index contributed by atoms with van der Waals surface area (Å²) < 4.78 is 0. The zero-order valence-corrected chi connectivity index (χ0v) is 12.6. The molecular weight excluding hydrogens is 260 g/mol. The van der Waals surface area contributed by atoms with Gasteiger partial charge in [-0.3, -0.25) is 14.4 Å². The number of unbranched alkanes of at least 4 members (excludes halogenated alkanes) is 2. The standard InChI is InChI=1S/C14H26N2O4/c1-10(2)12(14(19)20)9-16-13(18)7-5-4-6-8-15-11(3)17/h10,12H,4-9H2,1-3H3,(H,15,17)(H,16,18)(H,19,20). The molecular formula is C14H26N2O4. The van der Waals surface area contributed by atoms with Crippen molar-refractivity contribution in [3.8, 4) is 0 Å². The van der Waals surface area contributed by atoms with Gasteiger partial charge in [0.15, 0.2) is 0 Å². The lowest BCUT2D eigenvalue weighted by Crippen LogP contribution is -2.35. The zero-order valence-electron chi connectivity index (χ0n) is 12.6. The number of carbonyl (C=O) groups is 3. The smallest absolute Gasteiger partial charge is 0.308 e. The van der Waals surface area contributed by atoms with E-state index in [1.54, 1.807) is 0 Å². The third-order valence-corrected chi connectivity index (χ3v) is 3.10. The second-order valence-corrected chi connectivity index (χ2v) is 5.29. The summed E-state index contributed by atoms with van der Waals surface area (Å²) in [5.74, 6) is -1.59. The van der Waals surface area contributed by atoms with Crippen molar-refractivity contribution >= 4 is 17.8 Å². The Labute approximate surface area is 120 Å². The minimum absolute atomic E-state index is 0.00884. The fraction of sp³-hybridized carbons (Fsp3) is 0.786. The van der Waals surface area contributed by atoms with Gasteiger partial charge >= 0.3 is 5.97 Å². The summed E-state index contributed by atoms with van der Waals surface area (Å²) in [5, 5.41) is 14.3. The highest BCUT2D eigenvalue weighted by Gasteiger charge is 2.21. The van der Waals surface area contributed by atoms with Crippen molar-refractivity contribution in [1.82, 2.24) is 10.6 Å². The van der Waals surface area contributed by atoms with Crippen molar-refractivity contribution < 1.29 is 19.5 Å². The summed E-state index contributed by atoms with van der Waals surface area (Å²) in [4.78, 5) is 33.1. The van der Waals surface area contributed by atoms with Crippen molar-refractivity contribution in [2.45, 2.75) is 46.5 Å². The van der Waals surface area contributed by atoms with Gasteiger partial charge in [-0.05, 0) is 18.8 Å². The van der Waals surface area contributed by atoms with Crippen molar-refractivity contribution in [2.24, 2.45) is 11.8 Å². The molecule has 20 heavy (non-hydrogen) atoms. The maximum absolute atomic E-state index is 11.6. The van der Waals surface area contributed by atoms with E-state index in [9.17, 15) is 14.4 Å². The first-order valence-electron chi connectivity index (χ1n) is 7.08. The monoisotopic (exact) mass is 286 g/mol. The molecule has 0 radical (unpaired) electrons. The number of amides is 2. The van der Waals surface area contributed by atoms with Crippen molar-refractivity contribution in [3.63, 3.8) is 0 Å². The van der Waals surface area contributed by atoms with E-state index in [0.717, 1.165) is 19.3 Å². The minimum atomic E-state index is -0.879. The van der Waals surface area contributed by atoms with Crippen LogP contribution in [0.1, 0.15) is 46.5 Å². The highest BCUT2D eigenvalue weighted by atomic mass is 16.4. The Kier molecular flexibility index (Phi) is 9.41. The first-order valence-corrected chi connectivity index (χ1v) is 7.08. The lowest BCUT2D eigenvalue weighted by atomic mass is 9.96. The predicted molar refractivity (Wildman–Crippen MR) is 76.1 cm³/mol. The molecule has 0 spiro atoms. The Morgan fingerprint density at radius 3 is 2.20 bits per heavy atom. The van der Waals surface area contributed by atoms with Crippen LogP contribution in [0, 0.1) is 11.8 Å². The van der Waals surface area contributed by atoms with Gasteiger partial charge in [0, 0.05) is 26.4 Å². The number of nitrogens with one attached hydrogen (secondary N) is 2. The molecule has 1 unspecified atom stereocenters. The first-order chi connectivity index (χ1) is 9.34. The van der Waals surface area contributed by atoms with Crippen LogP contribution in [0.15, 0.2) is 0 Å². The van der Waals surface area contributed by atoms with E-state index >= 15 is 0 Å². The molecule has 0 aliphatic carbocycles. The van der Waals surface area contributed by atoms with Crippen molar-refractivity contribution in [3.05, 3.63) is 0 Å². The first kappa shape index (κ1) is 18.4. The summed E-state index contributed by atoms with van der Waals surface area (Å²) in [6, 6.07) is 0. The van der Waals surface area contributed by atoms with E-state index in [1.165, 1.54) is 6.92 Å². The maximum atomic E-state index is 11.6. The summed E-state index contributed by atoms with van der Waals surface area (Å²) >= 11 is 0. The Morgan fingerprint density at radius 1 is 1.05 bits per heavy atom. The Bertz CT molecular complexity index is 329. The molecule has 116 valence electrons. The fourth-order valence-corrected chi connectivity index (χ4v) is 1.77. The molecule has 0 aliphatic heterocycles. The van der Waals surface area contributed by atoms with Crippen molar-refractivity contribution in [2.75, 3.05) is 13.1 Å². The Morgan fingerprint density at radius 2 is 1.70 bits per heavy atom. The number of carboxylic acids is 1. The van der Waals surface area contributed by atoms with E-state index in [4.69, 9.17) is 5.11 Å². The van der Waals surface area contributed by atoms with Crippen LogP contribution < -0.4 is 10.6 Å². The molecule has 0 aromatic heterocycles. The summed E-state index contributed by atoms with van der Waals surface area (Å²) in [5.41, 5.74) is 0. The normalized spacial score (nSPS) is 12.0. The van der Waals surface area contributed by atoms with Gasteiger partial charge < -0.3 is 15.7 Å². The third kappa shape index (κ3) is 9.35. The molecule has 1 atom stereocenters. The molecule has 0 fully saturated rings. The number of carbonyl (C=O) groups excluding carboxylic acids is 2. The fourth-order valence-electron chi connectivity index (χ4n) is 1.77. The minimum Gasteiger partial charge on any atom is -0.481 e. The second kappa shape index (κ2) is 10.2. The molecule has 0 heterocycles. The van der Waals surface area contributed by atoms with Crippen molar-refractivity contribution in [1.29, 1.82) is 0 Å². The van der Waals surface area contributed by atoms with Gasteiger partial charge in [0.2, 0.25) is 11.8 Å². The highest BCUT2D eigenvalue weighted by Crippen LogP contribution is 2.09. The van der Waals surface area contributed by atoms with Crippen LogP contribution >= 0.6 is 0 Å². The largest absolute Gasteiger partial charge is 0.481 e.